The molecule has 0 saturated heterocycles. The molecular formula is C24H25N5O2S. The lowest BCUT2D eigenvalue weighted by molar-refractivity contribution is 0.0936. The van der Waals surface area contributed by atoms with E-state index in [-0.39, 0.29) is 11.5 Å². The van der Waals surface area contributed by atoms with E-state index < -0.39 is 6.04 Å². The highest BCUT2D eigenvalue weighted by Crippen LogP contribution is 2.25. The van der Waals surface area contributed by atoms with Gasteiger partial charge in [-0.2, -0.15) is 11.8 Å². The SMILES string of the molecule is CSCC[C@H](NC(=O)c1cccc2c(C)c(C)[nH]c12)c1cc(=O)[nH]c(-c2ccccn2)n1. The lowest BCUT2D eigenvalue weighted by atomic mass is 10.1. The molecule has 0 aliphatic rings. The highest BCUT2D eigenvalue weighted by Gasteiger charge is 2.21. The molecule has 3 N–H and O–H groups in total. The van der Waals surface area contributed by atoms with Crippen molar-refractivity contribution in [3.8, 4) is 11.5 Å². The van der Waals surface area contributed by atoms with Crippen molar-refractivity contribution in [1.82, 2.24) is 25.3 Å². The quantitative estimate of drug-likeness (QED) is 0.395. The lowest BCUT2D eigenvalue weighted by Crippen LogP contribution is -2.31. The summed E-state index contributed by atoms with van der Waals surface area (Å²) in [6, 6.07) is 12.2. The summed E-state index contributed by atoms with van der Waals surface area (Å²) in [5, 5.41) is 4.13. The predicted octanol–water partition coefficient (Wildman–Crippen LogP) is 4.15. The Morgan fingerprint density at radius 1 is 1.16 bits per heavy atom. The summed E-state index contributed by atoms with van der Waals surface area (Å²) >= 11 is 1.68. The van der Waals surface area contributed by atoms with Crippen molar-refractivity contribution in [1.29, 1.82) is 0 Å². The van der Waals surface area contributed by atoms with E-state index in [4.69, 9.17) is 0 Å². The van der Waals surface area contributed by atoms with Crippen LogP contribution in [0.15, 0.2) is 53.5 Å². The molecule has 164 valence electrons. The summed E-state index contributed by atoms with van der Waals surface area (Å²) in [5.74, 6) is 0.988. The summed E-state index contributed by atoms with van der Waals surface area (Å²) in [6.07, 6.45) is 4.30. The normalized spacial score (nSPS) is 12.1. The van der Waals surface area contributed by atoms with Crippen molar-refractivity contribution in [2.75, 3.05) is 12.0 Å². The van der Waals surface area contributed by atoms with Gasteiger partial charge in [-0.25, -0.2) is 4.98 Å². The number of hydrogen-bond donors (Lipinski definition) is 3. The van der Waals surface area contributed by atoms with Crippen LogP contribution < -0.4 is 10.9 Å². The third kappa shape index (κ3) is 4.45. The van der Waals surface area contributed by atoms with Gasteiger partial charge in [-0.3, -0.25) is 14.6 Å². The Kier molecular flexibility index (Phi) is 6.41. The Morgan fingerprint density at radius 3 is 2.75 bits per heavy atom. The van der Waals surface area contributed by atoms with Crippen molar-refractivity contribution < 1.29 is 4.79 Å². The van der Waals surface area contributed by atoms with E-state index in [9.17, 15) is 9.59 Å². The first-order valence-electron chi connectivity index (χ1n) is 10.4. The van der Waals surface area contributed by atoms with Crippen molar-refractivity contribution in [3.63, 3.8) is 0 Å². The van der Waals surface area contributed by atoms with Gasteiger partial charge in [0.25, 0.3) is 11.5 Å². The van der Waals surface area contributed by atoms with E-state index in [1.165, 1.54) is 6.07 Å². The molecule has 32 heavy (non-hydrogen) atoms. The summed E-state index contributed by atoms with van der Waals surface area (Å²) in [6.45, 7) is 4.04. The predicted molar refractivity (Wildman–Crippen MR) is 129 cm³/mol. The van der Waals surface area contributed by atoms with Crippen molar-refractivity contribution in [3.05, 3.63) is 81.5 Å². The standard InChI is InChI=1S/C24H25N5O2S/c1-14-15(2)26-22-16(14)7-6-8-17(22)24(31)28-18(10-12-32-3)20-13-21(30)29-23(27-20)19-9-4-5-11-25-19/h4-9,11,13,18,26H,10,12H2,1-3H3,(H,28,31)(H,27,29,30)/t18-/m0/s1. The molecule has 0 spiro atoms. The number of para-hydroxylation sites is 1. The number of benzene rings is 1. The number of H-pyrrole nitrogens is 2. The van der Waals surface area contributed by atoms with E-state index in [0.717, 1.165) is 27.9 Å². The van der Waals surface area contributed by atoms with E-state index in [2.05, 4.69) is 25.3 Å². The average molecular weight is 448 g/mol. The first-order valence-corrected chi connectivity index (χ1v) is 11.8. The number of rotatable bonds is 7. The van der Waals surface area contributed by atoms with Crippen LogP contribution in [0.25, 0.3) is 22.4 Å². The van der Waals surface area contributed by atoms with E-state index >= 15 is 0 Å². The van der Waals surface area contributed by atoms with Crippen LogP contribution in [0, 0.1) is 13.8 Å². The number of nitrogens with zero attached hydrogens (tertiary/aromatic N) is 2. The van der Waals surface area contributed by atoms with E-state index in [1.54, 1.807) is 30.1 Å². The Hall–Kier alpha value is -3.39. The van der Waals surface area contributed by atoms with Gasteiger partial charge >= 0.3 is 0 Å². The fraction of sp³-hybridized carbons (Fsp3) is 0.250. The number of amides is 1. The molecule has 3 aromatic heterocycles. The zero-order chi connectivity index (χ0) is 22.7. The molecule has 0 unspecified atom stereocenters. The number of thioether (sulfide) groups is 1. The number of aromatic amines is 2. The number of carbonyl (C=O) groups is 1. The van der Waals surface area contributed by atoms with Gasteiger partial charge in [-0.1, -0.05) is 18.2 Å². The maximum absolute atomic E-state index is 13.3. The zero-order valence-corrected chi connectivity index (χ0v) is 19.0. The first kappa shape index (κ1) is 21.8. The van der Waals surface area contributed by atoms with Crippen LogP contribution in [0.2, 0.25) is 0 Å². The molecule has 1 atom stereocenters. The second kappa shape index (κ2) is 9.40. The number of hydrogen-bond acceptors (Lipinski definition) is 5. The van der Waals surface area contributed by atoms with Crippen molar-refractivity contribution >= 4 is 28.6 Å². The zero-order valence-electron chi connectivity index (χ0n) is 18.2. The molecule has 4 aromatic rings. The Bertz CT molecular complexity index is 1310. The van der Waals surface area contributed by atoms with Crippen LogP contribution in [0.5, 0.6) is 0 Å². The molecule has 0 aliphatic heterocycles. The van der Waals surface area contributed by atoms with Gasteiger partial charge in [0.1, 0.15) is 5.69 Å². The monoisotopic (exact) mass is 447 g/mol. The van der Waals surface area contributed by atoms with Gasteiger partial charge in [-0.15, -0.1) is 0 Å². The van der Waals surface area contributed by atoms with Crippen LogP contribution in [0.3, 0.4) is 0 Å². The Labute approximate surface area is 190 Å². The summed E-state index contributed by atoms with van der Waals surface area (Å²) in [4.78, 5) is 40.7. The summed E-state index contributed by atoms with van der Waals surface area (Å²) in [5.41, 5.74) is 4.36. The van der Waals surface area contributed by atoms with Gasteiger partial charge in [0.05, 0.1) is 22.8 Å². The smallest absolute Gasteiger partial charge is 0.253 e. The fourth-order valence-corrected chi connectivity index (χ4v) is 4.19. The molecule has 4 rings (SSSR count). The average Bonchev–Trinajstić information content (AvgIpc) is 3.10. The molecule has 8 heteroatoms. The van der Waals surface area contributed by atoms with E-state index in [1.807, 2.05) is 44.4 Å². The minimum atomic E-state index is -0.410. The second-order valence-electron chi connectivity index (χ2n) is 7.64. The first-order chi connectivity index (χ1) is 15.5. The second-order valence-corrected chi connectivity index (χ2v) is 8.63. The third-order valence-electron chi connectivity index (χ3n) is 5.53. The topological polar surface area (TPSA) is 104 Å². The third-order valence-corrected chi connectivity index (χ3v) is 6.17. The largest absolute Gasteiger partial charge is 0.358 e. The van der Waals surface area contributed by atoms with Crippen LogP contribution in [0.1, 0.15) is 39.8 Å². The Balaban J connectivity index is 1.70. The number of fused-ring (bicyclic) bond motifs is 1. The van der Waals surface area contributed by atoms with Crippen molar-refractivity contribution in [2.45, 2.75) is 26.3 Å². The Morgan fingerprint density at radius 2 is 2.00 bits per heavy atom. The number of aromatic nitrogens is 4. The van der Waals surface area contributed by atoms with Gasteiger partial charge in [0.2, 0.25) is 0 Å². The molecule has 3 heterocycles. The lowest BCUT2D eigenvalue weighted by Gasteiger charge is -2.19. The number of aryl methyl sites for hydroxylation is 2. The number of nitrogens with one attached hydrogen (secondary N) is 3. The molecule has 7 nitrogen and oxygen atoms in total. The molecular weight excluding hydrogens is 422 g/mol. The van der Waals surface area contributed by atoms with Crippen LogP contribution in [-0.4, -0.2) is 37.9 Å². The molecule has 0 bridgehead atoms. The highest BCUT2D eigenvalue weighted by atomic mass is 32.2. The number of pyridine rings is 1. The number of carbonyl (C=O) groups excluding carboxylic acids is 1. The maximum Gasteiger partial charge on any atom is 0.253 e. The molecule has 1 aromatic carbocycles. The van der Waals surface area contributed by atoms with Crippen LogP contribution in [0.4, 0.5) is 0 Å². The van der Waals surface area contributed by atoms with Gasteiger partial charge in [0, 0.05) is 23.3 Å². The maximum atomic E-state index is 13.3. The van der Waals surface area contributed by atoms with Crippen molar-refractivity contribution in [2.24, 2.45) is 0 Å². The molecule has 1 amide bonds. The molecule has 0 aliphatic carbocycles. The van der Waals surface area contributed by atoms with Gasteiger partial charge in [0.15, 0.2) is 5.82 Å². The van der Waals surface area contributed by atoms with Crippen LogP contribution in [-0.2, 0) is 0 Å². The van der Waals surface area contributed by atoms with Gasteiger partial charge < -0.3 is 15.3 Å². The summed E-state index contributed by atoms with van der Waals surface area (Å²) < 4.78 is 0. The fourth-order valence-electron chi connectivity index (χ4n) is 3.72. The molecule has 0 radical (unpaired) electrons. The minimum Gasteiger partial charge on any atom is -0.358 e. The van der Waals surface area contributed by atoms with E-state index in [0.29, 0.717) is 29.2 Å². The van der Waals surface area contributed by atoms with Gasteiger partial charge in [-0.05, 0) is 56.0 Å². The summed E-state index contributed by atoms with van der Waals surface area (Å²) in [7, 11) is 0. The highest BCUT2D eigenvalue weighted by molar-refractivity contribution is 7.98. The molecule has 0 fully saturated rings. The molecule has 0 saturated carbocycles. The van der Waals surface area contributed by atoms with Crippen LogP contribution >= 0.6 is 11.8 Å². The minimum absolute atomic E-state index is 0.204.